The molecule has 0 unspecified atom stereocenters. The first-order valence-corrected chi connectivity index (χ1v) is 7.15. The Morgan fingerprint density at radius 1 is 1.50 bits per heavy atom. The SMILES string of the molecule is NC(=NO)c1ccc(Cl)c(NS(=O)(=O)C2CC2)c1. The molecule has 1 aliphatic carbocycles. The normalized spacial score (nSPS) is 16.6. The van der Waals surface area contributed by atoms with E-state index in [9.17, 15) is 8.42 Å². The largest absolute Gasteiger partial charge is 0.409 e. The Hall–Kier alpha value is -1.47. The smallest absolute Gasteiger partial charge is 0.235 e. The van der Waals surface area contributed by atoms with Crippen LogP contribution in [0.15, 0.2) is 23.4 Å². The molecule has 2 rings (SSSR count). The van der Waals surface area contributed by atoms with Gasteiger partial charge in [-0.25, -0.2) is 8.42 Å². The van der Waals surface area contributed by atoms with Crippen molar-refractivity contribution in [3.05, 3.63) is 28.8 Å². The summed E-state index contributed by atoms with van der Waals surface area (Å²) in [6, 6.07) is 4.45. The molecule has 0 saturated heterocycles. The van der Waals surface area contributed by atoms with Crippen molar-refractivity contribution >= 4 is 33.1 Å². The Morgan fingerprint density at radius 2 is 2.17 bits per heavy atom. The number of nitrogens with zero attached hydrogens (tertiary/aromatic N) is 1. The van der Waals surface area contributed by atoms with Gasteiger partial charge in [-0.2, -0.15) is 0 Å². The summed E-state index contributed by atoms with van der Waals surface area (Å²) >= 11 is 5.91. The van der Waals surface area contributed by atoms with Crippen molar-refractivity contribution in [2.75, 3.05) is 4.72 Å². The fraction of sp³-hybridized carbons (Fsp3) is 0.300. The first-order chi connectivity index (χ1) is 8.44. The molecule has 1 fully saturated rings. The summed E-state index contributed by atoms with van der Waals surface area (Å²) in [6.07, 6.45) is 1.32. The van der Waals surface area contributed by atoms with Gasteiger partial charge in [0.1, 0.15) is 0 Å². The lowest BCUT2D eigenvalue weighted by Crippen LogP contribution is -2.19. The van der Waals surface area contributed by atoms with E-state index in [-0.39, 0.29) is 21.8 Å². The second-order valence-corrected chi connectivity index (χ2v) is 6.39. The third kappa shape index (κ3) is 2.68. The van der Waals surface area contributed by atoms with Crippen molar-refractivity contribution < 1.29 is 13.6 Å². The van der Waals surface area contributed by atoms with E-state index in [4.69, 9.17) is 22.5 Å². The number of nitrogens with two attached hydrogens (primary N) is 1. The monoisotopic (exact) mass is 289 g/mol. The number of hydrogen-bond donors (Lipinski definition) is 3. The first kappa shape index (κ1) is 13.0. The van der Waals surface area contributed by atoms with Gasteiger partial charge in [0.25, 0.3) is 0 Å². The molecule has 0 radical (unpaired) electrons. The van der Waals surface area contributed by atoms with Crippen molar-refractivity contribution in [1.82, 2.24) is 0 Å². The molecule has 0 spiro atoms. The summed E-state index contributed by atoms with van der Waals surface area (Å²) in [5.74, 6) is -0.112. The maximum Gasteiger partial charge on any atom is 0.235 e. The predicted molar refractivity (Wildman–Crippen MR) is 69.5 cm³/mol. The molecule has 1 aliphatic rings. The summed E-state index contributed by atoms with van der Waals surface area (Å²) in [6.45, 7) is 0. The fourth-order valence-corrected chi connectivity index (χ4v) is 3.06. The zero-order chi connectivity index (χ0) is 13.3. The Morgan fingerprint density at radius 3 is 2.72 bits per heavy atom. The van der Waals surface area contributed by atoms with Crippen LogP contribution in [0.2, 0.25) is 5.02 Å². The van der Waals surface area contributed by atoms with Crippen LogP contribution in [0.25, 0.3) is 0 Å². The molecule has 8 heteroatoms. The lowest BCUT2D eigenvalue weighted by Gasteiger charge is -2.10. The van der Waals surface area contributed by atoms with Crippen LogP contribution in [-0.4, -0.2) is 24.7 Å². The molecule has 1 saturated carbocycles. The zero-order valence-corrected chi connectivity index (χ0v) is 10.9. The Bertz CT molecular complexity index is 596. The van der Waals surface area contributed by atoms with Crippen molar-refractivity contribution in [2.45, 2.75) is 18.1 Å². The quantitative estimate of drug-likeness (QED) is 0.337. The number of oxime groups is 1. The minimum absolute atomic E-state index is 0.112. The lowest BCUT2D eigenvalue weighted by atomic mass is 10.2. The van der Waals surface area contributed by atoms with Crippen LogP contribution >= 0.6 is 11.6 Å². The van der Waals surface area contributed by atoms with Crippen LogP contribution in [0.4, 0.5) is 5.69 Å². The number of sulfonamides is 1. The topological polar surface area (TPSA) is 105 Å². The Kier molecular flexibility index (Phi) is 3.36. The average Bonchev–Trinajstić information content (AvgIpc) is 3.15. The molecule has 4 N–H and O–H groups in total. The summed E-state index contributed by atoms with van der Waals surface area (Å²) in [5.41, 5.74) is 6.04. The molecule has 1 aromatic carbocycles. The van der Waals surface area contributed by atoms with E-state index in [0.717, 1.165) is 0 Å². The highest BCUT2D eigenvalue weighted by Crippen LogP contribution is 2.32. The van der Waals surface area contributed by atoms with E-state index in [0.29, 0.717) is 18.4 Å². The molecule has 0 bridgehead atoms. The van der Waals surface area contributed by atoms with Gasteiger partial charge < -0.3 is 10.9 Å². The predicted octanol–water partition coefficient (Wildman–Crippen LogP) is 1.34. The summed E-state index contributed by atoms with van der Waals surface area (Å²) < 4.78 is 26.0. The van der Waals surface area contributed by atoms with Crippen LogP contribution in [0.3, 0.4) is 0 Å². The molecular weight excluding hydrogens is 278 g/mol. The van der Waals surface area contributed by atoms with Gasteiger partial charge in [0.05, 0.1) is 16.0 Å². The Labute approximate surface area is 109 Å². The van der Waals surface area contributed by atoms with Crippen LogP contribution in [-0.2, 0) is 10.0 Å². The van der Waals surface area contributed by atoms with Crippen molar-refractivity contribution in [1.29, 1.82) is 0 Å². The van der Waals surface area contributed by atoms with E-state index in [1.807, 2.05) is 0 Å². The summed E-state index contributed by atoms with van der Waals surface area (Å²) in [4.78, 5) is 0. The van der Waals surface area contributed by atoms with Crippen LogP contribution in [0.5, 0.6) is 0 Å². The number of benzene rings is 1. The molecular formula is C10H12ClN3O3S. The molecule has 18 heavy (non-hydrogen) atoms. The molecule has 98 valence electrons. The van der Waals surface area contributed by atoms with Gasteiger partial charge in [0.2, 0.25) is 10.0 Å². The van der Waals surface area contributed by atoms with Crippen LogP contribution < -0.4 is 10.5 Å². The van der Waals surface area contributed by atoms with Gasteiger partial charge in [-0.15, -0.1) is 0 Å². The van der Waals surface area contributed by atoms with Gasteiger partial charge >= 0.3 is 0 Å². The fourth-order valence-electron chi connectivity index (χ4n) is 1.44. The van der Waals surface area contributed by atoms with E-state index >= 15 is 0 Å². The third-order valence-electron chi connectivity index (χ3n) is 2.59. The summed E-state index contributed by atoms with van der Waals surface area (Å²) in [5, 5.41) is 11.3. The second-order valence-electron chi connectivity index (χ2n) is 4.03. The highest BCUT2D eigenvalue weighted by molar-refractivity contribution is 7.93. The molecule has 1 aromatic rings. The van der Waals surface area contributed by atoms with E-state index in [2.05, 4.69) is 9.88 Å². The zero-order valence-electron chi connectivity index (χ0n) is 9.30. The maximum atomic E-state index is 11.8. The minimum Gasteiger partial charge on any atom is -0.409 e. The highest BCUT2D eigenvalue weighted by Gasteiger charge is 2.36. The van der Waals surface area contributed by atoms with Gasteiger partial charge in [-0.05, 0) is 31.0 Å². The van der Waals surface area contributed by atoms with E-state index < -0.39 is 10.0 Å². The maximum absolute atomic E-state index is 11.8. The van der Waals surface area contributed by atoms with Gasteiger partial charge in [0.15, 0.2) is 5.84 Å². The van der Waals surface area contributed by atoms with Crippen molar-refractivity contribution in [2.24, 2.45) is 10.9 Å². The summed E-state index contributed by atoms with van der Waals surface area (Å²) in [7, 11) is -3.39. The number of nitrogens with one attached hydrogen (secondary N) is 1. The standard InChI is InChI=1S/C10H12ClN3O3S/c11-8-4-1-6(10(12)13-15)5-9(8)14-18(16,17)7-2-3-7/h1,4-5,7,14-15H,2-3H2,(H2,12,13). The lowest BCUT2D eigenvalue weighted by molar-refractivity contribution is 0.318. The number of anilines is 1. The van der Waals surface area contributed by atoms with Gasteiger partial charge in [-0.3, -0.25) is 4.72 Å². The molecule has 0 heterocycles. The number of rotatable bonds is 4. The number of amidine groups is 1. The van der Waals surface area contributed by atoms with Crippen molar-refractivity contribution in [3.8, 4) is 0 Å². The van der Waals surface area contributed by atoms with E-state index in [1.54, 1.807) is 0 Å². The molecule has 0 atom stereocenters. The molecule has 0 aliphatic heterocycles. The Balaban J connectivity index is 2.32. The average molecular weight is 290 g/mol. The van der Waals surface area contributed by atoms with Gasteiger partial charge in [0, 0.05) is 5.56 Å². The molecule has 0 amide bonds. The minimum atomic E-state index is -3.39. The second kappa shape index (κ2) is 4.66. The van der Waals surface area contributed by atoms with Crippen molar-refractivity contribution in [3.63, 3.8) is 0 Å². The number of hydrogen-bond acceptors (Lipinski definition) is 4. The molecule has 0 aromatic heterocycles. The highest BCUT2D eigenvalue weighted by atomic mass is 35.5. The van der Waals surface area contributed by atoms with E-state index in [1.165, 1.54) is 18.2 Å². The van der Waals surface area contributed by atoms with Crippen LogP contribution in [0, 0.1) is 0 Å². The molecule has 6 nitrogen and oxygen atoms in total. The third-order valence-corrected chi connectivity index (χ3v) is 4.77. The number of halogens is 1. The first-order valence-electron chi connectivity index (χ1n) is 5.23. The van der Waals surface area contributed by atoms with Crippen LogP contribution in [0.1, 0.15) is 18.4 Å². The van der Waals surface area contributed by atoms with Gasteiger partial charge in [-0.1, -0.05) is 16.8 Å².